The molecule has 14 heavy (non-hydrogen) atoms. The number of nitrogen functional groups attached to an aromatic ring is 1. The van der Waals surface area contributed by atoms with E-state index in [9.17, 15) is 4.79 Å². The molecular formula is C10H12N2O2. The van der Waals surface area contributed by atoms with Gasteiger partial charge in [-0.2, -0.15) is 0 Å². The van der Waals surface area contributed by atoms with Gasteiger partial charge in [-0.05, 0) is 18.2 Å². The molecule has 0 fully saturated rings. The Morgan fingerprint density at radius 1 is 1.64 bits per heavy atom. The first-order chi connectivity index (χ1) is 6.67. The molecule has 0 spiro atoms. The third kappa shape index (κ3) is 2.26. The van der Waals surface area contributed by atoms with E-state index in [1.165, 1.54) is 6.08 Å². The number of carbonyl (C=O) groups excluding carboxylic acids is 1. The highest BCUT2D eigenvalue weighted by molar-refractivity contribution is 6.01. The number of benzene rings is 1. The van der Waals surface area contributed by atoms with Crippen LogP contribution in [0.2, 0.25) is 0 Å². The molecule has 0 atom stereocenters. The normalized spacial score (nSPS) is 9.21. The van der Waals surface area contributed by atoms with E-state index >= 15 is 0 Å². The molecule has 0 unspecified atom stereocenters. The van der Waals surface area contributed by atoms with Crippen LogP contribution >= 0.6 is 0 Å². The van der Waals surface area contributed by atoms with Gasteiger partial charge < -0.3 is 15.8 Å². The second kappa shape index (κ2) is 4.32. The van der Waals surface area contributed by atoms with Crippen LogP contribution in [0, 0.1) is 0 Å². The van der Waals surface area contributed by atoms with Crippen LogP contribution in [0.3, 0.4) is 0 Å². The van der Waals surface area contributed by atoms with Crippen molar-refractivity contribution in [2.75, 3.05) is 18.2 Å². The number of nitrogens with one attached hydrogen (secondary N) is 1. The second-order valence-electron chi connectivity index (χ2n) is 2.65. The Kier molecular flexibility index (Phi) is 3.12. The van der Waals surface area contributed by atoms with E-state index in [4.69, 9.17) is 10.5 Å². The number of hydrogen-bond donors (Lipinski definition) is 2. The van der Waals surface area contributed by atoms with Gasteiger partial charge >= 0.3 is 0 Å². The zero-order chi connectivity index (χ0) is 10.6. The number of ether oxygens (including phenoxy) is 1. The molecule has 4 nitrogen and oxygen atoms in total. The molecule has 1 rings (SSSR count). The summed E-state index contributed by atoms with van der Waals surface area (Å²) in [5.74, 6) is 0.337. The maximum absolute atomic E-state index is 11.0. The fourth-order valence-corrected chi connectivity index (χ4v) is 0.954. The standard InChI is InChI=1S/C10H12N2O2/c1-3-10(13)12-9-6-7(14-2)4-5-8(9)11/h3-6H,1,11H2,2H3,(H,12,13). The smallest absolute Gasteiger partial charge is 0.247 e. The summed E-state index contributed by atoms with van der Waals surface area (Å²) >= 11 is 0. The summed E-state index contributed by atoms with van der Waals surface area (Å²) in [5, 5.41) is 2.57. The molecule has 0 aliphatic rings. The lowest BCUT2D eigenvalue weighted by Crippen LogP contribution is -2.09. The predicted molar refractivity (Wildman–Crippen MR) is 56.2 cm³/mol. The number of methoxy groups -OCH3 is 1. The fraction of sp³-hybridized carbons (Fsp3) is 0.100. The lowest BCUT2D eigenvalue weighted by molar-refractivity contribution is -0.111. The van der Waals surface area contributed by atoms with Gasteiger partial charge in [-0.1, -0.05) is 6.58 Å². The van der Waals surface area contributed by atoms with Crippen LogP contribution in [0.25, 0.3) is 0 Å². The van der Waals surface area contributed by atoms with E-state index in [0.717, 1.165) is 0 Å². The summed E-state index contributed by atoms with van der Waals surface area (Å²) in [4.78, 5) is 11.0. The monoisotopic (exact) mass is 192 g/mol. The van der Waals surface area contributed by atoms with Crippen LogP contribution in [0.15, 0.2) is 30.9 Å². The minimum atomic E-state index is -0.301. The number of rotatable bonds is 3. The summed E-state index contributed by atoms with van der Waals surface area (Å²) in [6.07, 6.45) is 1.18. The number of anilines is 2. The molecule has 1 aromatic rings. The maximum atomic E-state index is 11.0. The third-order valence-electron chi connectivity index (χ3n) is 1.70. The quantitative estimate of drug-likeness (QED) is 0.562. The minimum Gasteiger partial charge on any atom is -0.497 e. The van der Waals surface area contributed by atoms with Crippen molar-refractivity contribution in [3.63, 3.8) is 0 Å². The molecule has 0 saturated carbocycles. The highest BCUT2D eigenvalue weighted by Crippen LogP contribution is 2.24. The van der Waals surface area contributed by atoms with E-state index in [1.54, 1.807) is 25.3 Å². The van der Waals surface area contributed by atoms with Crippen LogP contribution in [-0.4, -0.2) is 13.0 Å². The zero-order valence-electron chi connectivity index (χ0n) is 7.91. The molecule has 3 N–H and O–H groups in total. The molecule has 4 heteroatoms. The minimum absolute atomic E-state index is 0.301. The van der Waals surface area contributed by atoms with Crippen molar-refractivity contribution >= 4 is 17.3 Å². The Morgan fingerprint density at radius 3 is 2.93 bits per heavy atom. The first-order valence-electron chi connectivity index (χ1n) is 4.04. The third-order valence-corrected chi connectivity index (χ3v) is 1.70. The summed E-state index contributed by atoms with van der Waals surface area (Å²) in [7, 11) is 1.55. The van der Waals surface area contributed by atoms with Crippen LogP contribution in [0.5, 0.6) is 5.75 Å². The average molecular weight is 192 g/mol. The number of carbonyl (C=O) groups is 1. The van der Waals surface area contributed by atoms with Gasteiger partial charge in [-0.15, -0.1) is 0 Å². The van der Waals surface area contributed by atoms with Gasteiger partial charge in [0, 0.05) is 6.07 Å². The molecule has 0 saturated heterocycles. The second-order valence-corrected chi connectivity index (χ2v) is 2.65. The first-order valence-corrected chi connectivity index (χ1v) is 4.04. The van der Waals surface area contributed by atoms with Crippen molar-refractivity contribution in [3.8, 4) is 5.75 Å². The van der Waals surface area contributed by atoms with E-state index < -0.39 is 0 Å². The first kappa shape index (κ1) is 10.1. The highest BCUT2D eigenvalue weighted by atomic mass is 16.5. The van der Waals surface area contributed by atoms with Gasteiger partial charge in [0.1, 0.15) is 5.75 Å². The number of hydrogen-bond acceptors (Lipinski definition) is 3. The van der Waals surface area contributed by atoms with Crippen molar-refractivity contribution in [1.82, 2.24) is 0 Å². The van der Waals surface area contributed by atoms with Crippen LogP contribution in [0.4, 0.5) is 11.4 Å². The molecule has 0 heterocycles. The Balaban J connectivity index is 2.94. The molecular weight excluding hydrogens is 180 g/mol. The van der Waals surface area contributed by atoms with E-state index in [1.807, 2.05) is 0 Å². The summed E-state index contributed by atoms with van der Waals surface area (Å²) in [6, 6.07) is 5.03. The zero-order valence-corrected chi connectivity index (χ0v) is 7.91. The van der Waals surface area contributed by atoms with Crippen molar-refractivity contribution in [3.05, 3.63) is 30.9 Å². The summed E-state index contributed by atoms with van der Waals surface area (Å²) < 4.78 is 4.99. The highest BCUT2D eigenvalue weighted by Gasteiger charge is 2.03. The van der Waals surface area contributed by atoms with Gasteiger partial charge in [0.15, 0.2) is 0 Å². The van der Waals surface area contributed by atoms with Gasteiger partial charge in [0.25, 0.3) is 0 Å². The van der Waals surface area contributed by atoms with E-state index in [-0.39, 0.29) is 5.91 Å². The molecule has 0 bridgehead atoms. The lowest BCUT2D eigenvalue weighted by atomic mass is 10.2. The molecule has 1 aromatic carbocycles. The van der Waals surface area contributed by atoms with E-state index in [2.05, 4.69) is 11.9 Å². The van der Waals surface area contributed by atoms with Crippen molar-refractivity contribution < 1.29 is 9.53 Å². The SMILES string of the molecule is C=CC(=O)Nc1cc(OC)ccc1N. The number of amides is 1. The Labute approximate surface area is 82.4 Å². The van der Waals surface area contributed by atoms with E-state index in [0.29, 0.717) is 17.1 Å². The van der Waals surface area contributed by atoms with Crippen molar-refractivity contribution in [1.29, 1.82) is 0 Å². The predicted octanol–water partition coefficient (Wildman–Crippen LogP) is 1.40. The molecule has 1 amide bonds. The molecule has 74 valence electrons. The molecule has 0 radical (unpaired) electrons. The molecule has 0 aromatic heterocycles. The molecule has 0 aliphatic carbocycles. The van der Waals surface area contributed by atoms with Gasteiger partial charge in [0.2, 0.25) is 5.91 Å². The largest absolute Gasteiger partial charge is 0.497 e. The van der Waals surface area contributed by atoms with Crippen LogP contribution < -0.4 is 15.8 Å². The van der Waals surface area contributed by atoms with Crippen LogP contribution in [-0.2, 0) is 4.79 Å². The molecule has 0 aliphatic heterocycles. The van der Waals surface area contributed by atoms with Gasteiger partial charge in [-0.25, -0.2) is 0 Å². The number of nitrogens with two attached hydrogens (primary N) is 1. The van der Waals surface area contributed by atoms with Crippen LogP contribution in [0.1, 0.15) is 0 Å². The maximum Gasteiger partial charge on any atom is 0.247 e. The fourth-order valence-electron chi connectivity index (χ4n) is 0.954. The average Bonchev–Trinajstić information content (AvgIpc) is 2.21. The topological polar surface area (TPSA) is 64.3 Å². The Bertz CT molecular complexity index is 361. The van der Waals surface area contributed by atoms with Crippen molar-refractivity contribution in [2.24, 2.45) is 0 Å². The van der Waals surface area contributed by atoms with Crippen molar-refractivity contribution in [2.45, 2.75) is 0 Å². The Hall–Kier alpha value is -1.97. The summed E-state index contributed by atoms with van der Waals surface area (Å²) in [6.45, 7) is 3.34. The van der Waals surface area contributed by atoms with Gasteiger partial charge in [0.05, 0.1) is 18.5 Å². The Morgan fingerprint density at radius 2 is 2.36 bits per heavy atom. The summed E-state index contributed by atoms with van der Waals surface area (Å²) in [5.41, 5.74) is 6.65. The van der Waals surface area contributed by atoms with Gasteiger partial charge in [-0.3, -0.25) is 4.79 Å². The lowest BCUT2D eigenvalue weighted by Gasteiger charge is -2.07.